The van der Waals surface area contributed by atoms with Gasteiger partial charge in [0.2, 0.25) is 5.16 Å². The van der Waals surface area contributed by atoms with E-state index in [1.165, 1.54) is 33.2 Å². The third-order valence-corrected chi connectivity index (χ3v) is 6.19. The molecule has 0 saturated carbocycles. The van der Waals surface area contributed by atoms with E-state index >= 15 is 0 Å². The molecule has 0 amide bonds. The number of thioether (sulfide) groups is 1. The van der Waals surface area contributed by atoms with E-state index in [-0.39, 0.29) is 5.54 Å². The van der Waals surface area contributed by atoms with Crippen LogP contribution in [0.1, 0.15) is 50.8 Å². The van der Waals surface area contributed by atoms with E-state index < -0.39 is 0 Å². The van der Waals surface area contributed by atoms with E-state index in [0.29, 0.717) is 0 Å². The van der Waals surface area contributed by atoms with Gasteiger partial charge >= 0.3 is 0 Å². The van der Waals surface area contributed by atoms with Crippen LogP contribution in [0.4, 0.5) is 0 Å². The van der Waals surface area contributed by atoms with Crippen LogP contribution in [-0.2, 0) is 5.54 Å². The van der Waals surface area contributed by atoms with Crippen LogP contribution >= 0.6 is 11.8 Å². The Kier molecular flexibility index (Phi) is 3.69. The van der Waals surface area contributed by atoms with Gasteiger partial charge in [-0.2, -0.15) is 0 Å². The fourth-order valence-corrected chi connectivity index (χ4v) is 4.58. The average Bonchev–Trinajstić information content (AvgIpc) is 2.90. The Hall–Kier alpha value is -1.88. The van der Waals surface area contributed by atoms with Crippen LogP contribution in [0, 0.1) is 13.8 Å². The largest absolute Gasteiger partial charge is 0.314 e. The van der Waals surface area contributed by atoms with Gasteiger partial charge in [-0.05, 0) is 63.8 Å². The Bertz CT molecular complexity index is 1040. The third kappa shape index (κ3) is 2.32. The van der Waals surface area contributed by atoms with Crippen molar-refractivity contribution in [1.82, 2.24) is 19.7 Å². The molecule has 1 aromatic carbocycles. The first-order valence-electron chi connectivity index (χ1n) is 8.87. The highest BCUT2D eigenvalue weighted by atomic mass is 32.2. The summed E-state index contributed by atoms with van der Waals surface area (Å²) in [6.45, 7) is 13.2. The standard InChI is InChI=1S/C20H24N4S/c1-7-8-25-19-21-18-16(22-23-19)15-13(4)11(2)9-14-12(3)10-20(5,6)24(18)17(14)15/h9-10H,7-8H2,1-6H3. The summed E-state index contributed by atoms with van der Waals surface area (Å²) in [7, 11) is 0. The van der Waals surface area contributed by atoms with E-state index in [1.54, 1.807) is 11.8 Å². The van der Waals surface area contributed by atoms with Crippen molar-refractivity contribution in [2.75, 3.05) is 5.75 Å². The van der Waals surface area contributed by atoms with Gasteiger partial charge in [0, 0.05) is 16.7 Å². The number of hydrogen-bond donors (Lipinski definition) is 0. The predicted molar refractivity (Wildman–Crippen MR) is 106 cm³/mol. The lowest BCUT2D eigenvalue weighted by atomic mass is 9.89. The maximum Gasteiger partial charge on any atom is 0.211 e. The lowest BCUT2D eigenvalue weighted by Crippen LogP contribution is -2.27. The lowest BCUT2D eigenvalue weighted by molar-refractivity contribution is 0.477. The molecule has 0 spiro atoms. The molecule has 0 N–H and O–H groups in total. The molecular formula is C20H24N4S. The van der Waals surface area contributed by atoms with Crippen molar-refractivity contribution >= 4 is 39.4 Å². The number of fused-ring (bicyclic) bond motifs is 3. The molecule has 4 rings (SSSR count). The quantitative estimate of drug-likeness (QED) is 0.604. The summed E-state index contributed by atoms with van der Waals surface area (Å²) in [6, 6.07) is 2.30. The summed E-state index contributed by atoms with van der Waals surface area (Å²) in [4.78, 5) is 4.91. The monoisotopic (exact) mass is 352 g/mol. The van der Waals surface area contributed by atoms with Crippen LogP contribution in [0.3, 0.4) is 0 Å². The molecule has 3 aromatic rings. The Balaban J connectivity index is 2.16. The molecule has 0 aliphatic carbocycles. The van der Waals surface area contributed by atoms with Crippen molar-refractivity contribution in [3.63, 3.8) is 0 Å². The highest BCUT2D eigenvalue weighted by molar-refractivity contribution is 7.99. The number of hydrogen-bond acceptors (Lipinski definition) is 4. The molecule has 2 aromatic heterocycles. The molecule has 0 radical (unpaired) electrons. The second kappa shape index (κ2) is 5.56. The highest BCUT2D eigenvalue weighted by Gasteiger charge is 2.32. The van der Waals surface area contributed by atoms with Crippen molar-refractivity contribution in [3.05, 3.63) is 28.8 Å². The number of rotatable bonds is 3. The fourth-order valence-electron chi connectivity index (χ4n) is 3.94. The van der Waals surface area contributed by atoms with Gasteiger partial charge < -0.3 is 4.57 Å². The SMILES string of the molecule is CCCSc1nnc2c3c(C)c(C)cc4c3n(c2n1)C(C)(C)C=C4C. The second-order valence-corrected chi connectivity index (χ2v) is 8.58. The molecule has 4 nitrogen and oxygen atoms in total. The van der Waals surface area contributed by atoms with E-state index in [9.17, 15) is 0 Å². The Morgan fingerprint density at radius 3 is 2.64 bits per heavy atom. The number of allylic oxidation sites excluding steroid dienone is 2. The van der Waals surface area contributed by atoms with Crippen molar-refractivity contribution in [3.8, 4) is 0 Å². The Morgan fingerprint density at radius 1 is 1.16 bits per heavy atom. The summed E-state index contributed by atoms with van der Waals surface area (Å²) in [5.74, 6) is 1.01. The summed E-state index contributed by atoms with van der Waals surface area (Å²) >= 11 is 1.68. The van der Waals surface area contributed by atoms with Gasteiger partial charge in [-0.1, -0.05) is 24.8 Å². The van der Waals surface area contributed by atoms with Crippen LogP contribution in [-0.4, -0.2) is 25.5 Å². The Labute approximate surface area is 152 Å². The fraction of sp³-hybridized carbons (Fsp3) is 0.450. The molecule has 1 aliphatic rings. The van der Waals surface area contributed by atoms with Crippen LogP contribution in [0.2, 0.25) is 0 Å². The molecular weight excluding hydrogens is 328 g/mol. The maximum absolute atomic E-state index is 4.91. The minimum Gasteiger partial charge on any atom is -0.314 e. The van der Waals surface area contributed by atoms with E-state index in [1.807, 2.05) is 0 Å². The minimum atomic E-state index is -0.137. The molecule has 0 bridgehead atoms. The van der Waals surface area contributed by atoms with Crippen LogP contribution in [0.25, 0.3) is 27.6 Å². The number of aryl methyl sites for hydroxylation is 2. The van der Waals surface area contributed by atoms with Crippen LogP contribution in [0.15, 0.2) is 17.3 Å². The van der Waals surface area contributed by atoms with Gasteiger partial charge in [0.05, 0.1) is 11.1 Å². The van der Waals surface area contributed by atoms with E-state index in [0.717, 1.165) is 28.5 Å². The van der Waals surface area contributed by atoms with Gasteiger partial charge in [-0.15, -0.1) is 10.2 Å². The van der Waals surface area contributed by atoms with Gasteiger partial charge in [0.25, 0.3) is 0 Å². The smallest absolute Gasteiger partial charge is 0.211 e. The molecule has 0 saturated heterocycles. The average molecular weight is 353 g/mol. The number of aromatic nitrogens is 4. The zero-order valence-corrected chi connectivity index (χ0v) is 16.6. The first-order chi connectivity index (χ1) is 11.8. The van der Waals surface area contributed by atoms with Gasteiger partial charge in [-0.3, -0.25) is 0 Å². The van der Waals surface area contributed by atoms with Crippen molar-refractivity contribution < 1.29 is 0 Å². The van der Waals surface area contributed by atoms with Crippen molar-refractivity contribution in [1.29, 1.82) is 0 Å². The second-order valence-electron chi connectivity index (χ2n) is 7.52. The molecule has 1 aliphatic heterocycles. The topological polar surface area (TPSA) is 43.6 Å². The zero-order chi connectivity index (χ0) is 17.9. The molecule has 25 heavy (non-hydrogen) atoms. The molecule has 5 heteroatoms. The van der Waals surface area contributed by atoms with E-state index in [4.69, 9.17) is 4.98 Å². The summed E-state index contributed by atoms with van der Waals surface area (Å²) in [5, 5.41) is 11.0. The molecule has 0 atom stereocenters. The zero-order valence-electron chi connectivity index (χ0n) is 15.8. The van der Waals surface area contributed by atoms with Crippen LogP contribution in [0.5, 0.6) is 0 Å². The Morgan fingerprint density at radius 2 is 1.92 bits per heavy atom. The van der Waals surface area contributed by atoms with E-state index in [2.05, 4.69) is 68.4 Å². The highest BCUT2D eigenvalue weighted by Crippen LogP contribution is 2.43. The number of benzene rings is 1. The normalized spacial score (nSPS) is 15.8. The third-order valence-electron chi connectivity index (χ3n) is 5.15. The molecule has 130 valence electrons. The van der Waals surface area contributed by atoms with Gasteiger partial charge in [-0.25, -0.2) is 4.98 Å². The molecule has 0 unspecified atom stereocenters. The first-order valence-corrected chi connectivity index (χ1v) is 9.86. The minimum absolute atomic E-state index is 0.137. The summed E-state index contributed by atoms with van der Waals surface area (Å²) in [6.07, 6.45) is 3.44. The van der Waals surface area contributed by atoms with Gasteiger partial charge in [0.15, 0.2) is 5.65 Å². The lowest BCUT2D eigenvalue weighted by Gasteiger charge is -2.31. The predicted octanol–water partition coefficient (Wildman–Crippen LogP) is 5.25. The molecule has 0 fully saturated rings. The van der Waals surface area contributed by atoms with Gasteiger partial charge in [0.1, 0.15) is 5.52 Å². The van der Waals surface area contributed by atoms with Crippen molar-refractivity contribution in [2.24, 2.45) is 0 Å². The molecule has 3 heterocycles. The van der Waals surface area contributed by atoms with Crippen molar-refractivity contribution in [2.45, 2.75) is 58.7 Å². The summed E-state index contributed by atoms with van der Waals surface area (Å²) < 4.78 is 2.36. The first kappa shape index (κ1) is 16.6. The van der Waals surface area contributed by atoms with Crippen LogP contribution < -0.4 is 0 Å². The maximum atomic E-state index is 4.91. The number of nitrogens with zero attached hydrogens (tertiary/aromatic N) is 4. The summed E-state index contributed by atoms with van der Waals surface area (Å²) in [5.41, 5.74) is 8.17.